The van der Waals surface area contributed by atoms with Crippen molar-refractivity contribution in [3.8, 4) is 0 Å². The molecule has 0 aromatic carbocycles. The van der Waals surface area contributed by atoms with E-state index in [-0.39, 0.29) is 12.9 Å². The van der Waals surface area contributed by atoms with Gasteiger partial charge >= 0.3 is 0 Å². The molecule has 3 nitrogen and oxygen atoms in total. The summed E-state index contributed by atoms with van der Waals surface area (Å²) in [5.74, 6) is 5.11. The maximum Gasteiger partial charge on any atom is 0.154 e. The van der Waals surface area contributed by atoms with Gasteiger partial charge in [-0.1, -0.05) is 33.1 Å². The summed E-state index contributed by atoms with van der Waals surface area (Å²) in [5.41, 5.74) is 0. The summed E-state index contributed by atoms with van der Waals surface area (Å²) < 4.78 is 10.9. The van der Waals surface area contributed by atoms with Crippen LogP contribution in [-0.2, 0) is 9.47 Å². The highest BCUT2D eigenvalue weighted by Gasteiger charge is 2.42. The minimum absolute atomic E-state index is 0.0214. The summed E-state index contributed by atoms with van der Waals surface area (Å²) in [6, 6.07) is 0. The molecular weight excluding hydrogens is 312 g/mol. The SMILES string of the molecule is CC1C2CCC(C2)C1C.CCO.CCOC(C)OCC1CCCCC1. The molecule has 3 aliphatic rings. The van der Waals surface area contributed by atoms with E-state index in [1.54, 1.807) is 13.3 Å². The minimum atomic E-state index is -0.0214. The topological polar surface area (TPSA) is 38.7 Å². The summed E-state index contributed by atoms with van der Waals surface area (Å²) in [6.07, 6.45) is 11.5. The molecule has 3 rings (SSSR count). The van der Waals surface area contributed by atoms with Crippen LogP contribution in [0.4, 0.5) is 0 Å². The van der Waals surface area contributed by atoms with Gasteiger partial charge < -0.3 is 14.6 Å². The molecule has 25 heavy (non-hydrogen) atoms. The molecule has 0 aromatic rings. The molecule has 5 unspecified atom stereocenters. The summed E-state index contributed by atoms with van der Waals surface area (Å²) in [6.45, 7) is 12.4. The first-order valence-electron chi connectivity index (χ1n) is 10.9. The average molecular weight is 357 g/mol. The zero-order chi connectivity index (χ0) is 18.7. The quantitative estimate of drug-likeness (QED) is 0.647. The van der Waals surface area contributed by atoms with Crippen molar-refractivity contribution >= 4 is 0 Å². The van der Waals surface area contributed by atoms with Gasteiger partial charge in [-0.15, -0.1) is 0 Å². The van der Waals surface area contributed by atoms with Crippen molar-refractivity contribution in [2.45, 2.75) is 92.3 Å². The lowest BCUT2D eigenvalue weighted by molar-refractivity contribution is -0.137. The van der Waals surface area contributed by atoms with Gasteiger partial charge in [-0.2, -0.15) is 0 Å². The van der Waals surface area contributed by atoms with Crippen LogP contribution in [0.3, 0.4) is 0 Å². The lowest BCUT2D eigenvalue weighted by Crippen LogP contribution is -2.20. The van der Waals surface area contributed by atoms with Gasteiger partial charge in [0.15, 0.2) is 6.29 Å². The lowest BCUT2D eigenvalue weighted by atomic mass is 9.82. The standard InChI is InChI=1S/C11H22O2.C9H16.C2H6O/c1-3-12-10(2)13-9-11-7-5-4-6-8-11;1-6-7(2)9-4-3-8(6)5-9;1-2-3/h10-11H,3-9H2,1-2H3;6-9H,3-5H2,1-2H3;3H,2H2,1H3. The van der Waals surface area contributed by atoms with E-state index in [9.17, 15) is 0 Å². The second-order valence-corrected chi connectivity index (χ2v) is 8.23. The first-order chi connectivity index (χ1) is 12.0. The number of hydrogen-bond donors (Lipinski definition) is 1. The maximum atomic E-state index is 7.57. The van der Waals surface area contributed by atoms with Crippen LogP contribution in [0.25, 0.3) is 0 Å². The van der Waals surface area contributed by atoms with Gasteiger partial charge in [-0.05, 0) is 82.5 Å². The number of rotatable bonds is 5. The van der Waals surface area contributed by atoms with Crippen LogP contribution in [-0.4, -0.2) is 31.2 Å². The van der Waals surface area contributed by atoms with Crippen molar-refractivity contribution < 1.29 is 14.6 Å². The number of fused-ring (bicyclic) bond motifs is 2. The van der Waals surface area contributed by atoms with E-state index >= 15 is 0 Å². The van der Waals surface area contributed by atoms with E-state index in [2.05, 4.69) is 13.8 Å². The van der Waals surface area contributed by atoms with Crippen molar-refractivity contribution in [3.05, 3.63) is 0 Å². The summed E-state index contributed by atoms with van der Waals surface area (Å²) >= 11 is 0. The molecule has 150 valence electrons. The summed E-state index contributed by atoms with van der Waals surface area (Å²) in [4.78, 5) is 0. The van der Waals surface area contributed by atoms with Gasteiger partial charge in [0.2, 0.25) is 0 Å². The average Bonchev–Trinajstić information content (AvgIpc) is 3.20. The summed E-state index contributed by atoms with van der Waals surface area (Å²) in [7, 11) is 0. The zero-order valence-corrected chi connectivity index (χ0v) is 17.5. The third kappa shape index (κ3) is 8.41. The lowest BCUT2D eigenvalue weighted by Gasteiger charge is -2.24. The molecule has 1 N–H and O–H groups in total. The highest BCUT2D eigenvalue weighted by Crippen LogP contribution is 2.51. The van der Waals surface area contributed by atoms with Crippen molar-refractivity contribution in [1.29, 1.82) is 0 Å². The molecule has 0 saturated heterocycles. The highest BCUT2D eigenvalue weighted by atomic mass is 16.7. The Morgan fingerprint density at radius 2 is 1.40 bits per heavy atom. The molecule has 0 radical (unpaired) electrons. The van der Waals surface area contributed by atoms with Gasteiger partial charge in [0.05, 0.1) is 6.61 Å². The van der Waals surface area contributed by atoms with Gasteiger partial charge in [0.25, 0.3) is 0 Å². The molecule has 3 fully saturated rings. The third-order valence-electron chi connectivity index (χ3n) is 6.52. The Morgan fingerprint density at radius 3 is 1.80 bits per heavy atom. The molecule has 2 bridgehead atoms. The van der Waals surface area contributed by atoms with E-state index in [1.165, 1.54) is 44.9 Å². The van der Waals surface area contributed by atoms with Crippen LogP contribution in [0.15, 0.2) is 0 Å². The fourth-order valence-corrected chi connectivity index (χ4v) is 4.77. The first-order valence-corrected chi connectivity index (χ1v) is 10.9. The van der Waals surface area contributed by atoms with E-state index in [4.69, 9.17) is 14.6 Å². The minimum Gasteiger partial charge on any atom is -0.397 e. The Kier molecular flexibility index (Phi) is 12.0. The van der Waals surface area contributed by atoms with E-state index < -0.39 is 0 Å². The van der Waals surface area contributed by atoms with Gasteiger partial charge in [-0.3, -0.25) is 0 Å². The molecule has 3 saturated carbocycles. The zero-order valence-electron chi connectivity index (χ0n) is 17.5. The Bertz CT molecular complexity index is 296. The second-order valence-electron chi connectivity index (χ2n) is 8.23. The largest absolute Gasteiger partial charge is 0.397 e. The summed E-state index contributed by atoms with van der Waals surface area (Å²) in [5, 5.41) is 7.57. The smallest absolute Gasteiger partial charge is 0.154 e. The number of aliphatic hydroxyl groups is 1. The molecule has 0 aliphatic heterocycles. The van der Waals surface area contributed by atoms with E-state index in [0.29, 0.717) is 0 Å². The highest BCUT2D eigenvalue weighted by molar-refractivity contribution is 4.92. The Morgan fingerprint density at radius 1 is 0.880 bits per heavy atom. The molecule has 5 atom stereocenters. The monoisotopic (exact) mass is 356 g/mol. The van der Waals surface area contributed by atoms with Crippen LogP contribution in [0.5, 0.6) is 0 Å². The second kappa shape index (κ2) is 13.1. The predicted molar refractivity (Wildman–Crippen MR) is 106 cm³/mol. The number of ether oxygens (including phenoxy) is 2. The number of aliphatic hydroxyl groups excluding tert-OH is 1. The van der Waals surface area contributed by atoms with Crippen LogP contribution < -0.4 is 0 Å². The van der Waals surface area contributed by atoms with Crippen LogP contribution >= 0.6 is 0 Å². The van der Waals surface area contributed by atoms with E-state index in [0.717, 1.165) is 42.8 Å². The molecule has 3 heteroatoms. The van der Waals surface area contributed by atoms with Crippen molar-refractivity contribution in [2.75, 3.05) is 19.8 Å². The Hall–Kier alpha value is -0.120. The van der Waals surface area contributed by atoms with Crippen molar-refractivity contribution in [2.24, 2.45) is 29.6 Å². The van der Waals surface area contributed by atoms with Crippen molar-refractivity contribution in [1.82, 2.24) is 0 Å². The number of hydrogen-bond acceptors (Lipinski definition) is 3. The maximum absolute atomic E-state index is 7.57. The van der Waals surface area contributed by atoms with Crippen LogP contribution in [0, 0.1) is 29.6 Å². The fraction of sp³-hybridized carbons (Fsp3) is 1.00. The van der Waals surface area contributed by atoms with Gasteiger partial charge in [0, 0.05) is 13.2 Å². The van der Waals surface area contributed by atoms with Crippen molar-refractivity contribution in [3.63, 3.8) is 0 Å². The molecule has 0 heterocycles. The molecule has 3 aliphatic carbocycles. The predicted octanol–water partition coefficient (Wildman–Crippen LogP) is 5.65. The third-order valence-corrected chi connectivity index (χ3v) is 6.52. The first kappa shape index (κ1) is 22.9. The van der Waals surface area contributed by atoms with Crippen LogP contribution in [0.1, 0.15) is 86.0 Å². The molecule has 0 amide bonds. The Balaban J connectivity index is 0.000000225. The molecular formula is C22H44O3. The fourth-order valence-electron chi connectivity index (χ4n) is 4.77. The van der Waals surface area contributed by atoms with E-state index in [1.807, 2.05) is 13.8 Å². The normalized spacial score (nSPS) is 32.4. The molecule has 0 spiro atoms. The van der Waals surface area contributed by atoms with Gasteiger partial charge in [-0.25, -0.2) is 0 Å². The molecule has 0 aromatic heterocycles. The van der Waals surface area contributed by atoms with Gasteiger partial charge in [0.1, 0.15) is 0 Å². The van der Waals surface area contributed by atoms with Crippen LogP contribution in [0.2, 0.25) is 0 Å². The Labute approximate surface area is 156 Å².